The van der Waals surface area contributed by atoms with Gasteiger partial charge in [0.25, 0.3) is 0 Å². The molecule has 4 nitrogen and oxygen atoms in total. The van der Waals surface area contributed by atoms with Crippen molar-refractivity contribution in [2.75, 3.05) is 6.61 Å². The number of hydrogen-bond acceptors (Lipinski definition) is 4. The van der Waals surface area contributed by atoms with Crippen molar-refractivity contribution in [3.63, 3.8) is 0 Å². The molecule has 2 aromatic rings. The van der Waals surface area contributed by atoms with Gasteiger partial charge >= 0.3 is 0 Å². The Morgan fingerprint density at radius 1 is 1.22 bits per heavy atom. The smallest absolute Gasteiger partial charge is 0.161 e. The Labute approximate surface area is 187 Å². The quantitative estimate of drug-likeness (QED) is 0.526. The topological polar surface area (TPSA) is 42.4 Å². The number of halogens is 2. The summed E-state index contributed by atoms with van der Waals surface area (Å²) in [7, 11) is 0. The maximum atomic E-state index is 13.9. The van der Waals surface area contributed by atoms with E-state index < -0.39 is 17.2 Å². The van der Waals surface area contributed by atoms with Gasteiger partial charge in [-0.3, -0.25) is 4.79 Å². The molecular formula is C26H28F2N2O2. The highest BCUT2D eigenvalue weighted by molar-refractivity contribution is 5.86. The Bertz CT molecular complexity index is 1200. The Balaban J connectivity index is 1.93. The van der Waals surface area contributed by atoms with Crippen molar-refractivity contribution in [1.82, 2.24) is 9.88 Å². The van der Waals surface area contributed by atoms with Crippen molar-refractivity contribution in [3.8, 4) is 0 Å². The van der Waals surface area contributed by atoms with Crippen molar-refractivity contribution in [2.45, 2.75) is 59.1 Å². The van der Waals surface area contributed by atoms with Crippen LogP contribution in [0.2, 0.25) is 0 Å². The van der Waals surface area contributed by atoms with E-state index in [0.717, 1.165) is 46.3 Å². The number of pyridine rings is 1. The molecular weight excluding hydrogens is 410 g/mol. The molecule has 0 N–H and O–H groups in total. The van der Waals surface area contributed by atoms with Crippen LogP contribution < -0.4 is 0 Å². The summed E-state index contributed by atoms with van der Waals surface area (Å²) >= 11 is 0. The molecule has 1 aromatic heterocycles. The van der Waals surface area contributed by atoms with Crippen LogP contribution in [0.15, 0.2) is 47.7 Å². The first-order valence-corrected chi connectivity index (χ1v) is 11.1. The third-order valence-electron chi connectivity index (χ3n) is 6.45. The van der Waals surface area contributed by atoms with E-state index in [9.17, 15) is 13.6 Å². The van der Waals surface area contributed by atoms with Crippen molar-refractivity contribution in [1.29, 1.82) is 0 Å². The molecule has 0 bridgehead atoms. The maximum absolute atomic E-state index is 13.9. The van der Waals surface area contributed by atoms with E-state index in [1.807, 2.05) is 19.9 Å². The summed E-state index contributed by atoms with van der Waals surface area (Å²) in [6.07, 6.45) is 3.71. The molecule has 4 rings (SSSR count). The highest BCUT2D eigenvalue weighted by atomic mass is 19.2. The molecule has 2 aliphatic rings. The second-order valence-corrected chi connectivity index (χ2v) is 8.42. The number of hydrogen-bond donors (Lipinski definition) is 0. The van der Waals surface area contributed by atoms with Gasteiger partial charge in [-0.1, -0.05) is 20.4 Å². The monoisotopic (exact) mass is 438 g/mol. The van der Waals surface area contributed by atoms with Crippen molar-refractivity contribution in [3.05, 3.63) is 70.6 Å². The minimum absolute atomic E-state index is 0.0585. The second-order valence-electron chi connectivity index (χ2n) is 8.42. The summed E-state index contributed by atoms with van der Waals surface area (Å²) in [6.45, 7) is 13.0. The molecule has 6 heteroatoms. The molecule has 1 atom stereocenters. The van der Waals surface area contributed by atoms with Crippen molar-refractivity contribution >= 4 is 22.4 Å². The third-order valence-corrected chi connectivity index (χ3v) is 6.45. The number of ketones is 1. The van der Waals surface area contributed by atoms with Crippen LogP contribution >= 0.6 is 0 Å². The van der Waals surface area contributed by atoms with E-state index in [1.54, 1.807) is 6.92 Å². The molecule has 0 spiro atoms. The van der Waals surface area contributed by atoms with E-state index in [2.05, 4.69) is 29.5 Å². The van der Waals surface area contributed by atoms with E-state index in [0.29, 0.717) is 30.5 Å². The van der Waals surface area contributed by atoms with Gasteiger partial charge in [0.15, 0.2) is 11.6 Å². The number of Topliss-reactive ketones (excluding diaryl/α,β-unsaturated/α-hetero) is 1. The number of benzene rings is 1. The highest BCUT2D eigenvalue weighted by Gasteiger charge is 2.41. The van der Waals surface area contributed by atoms with Crippen LogP contribution in [0.5, 0.6) is 0 Å². The molecule has 1 aromatic carbocycles. The molecule has 168 valence electrons. The predicted molar refractivity (Wildman–Crippen MR) is 122 cm³/mol. The van der Waals surface area contributed by atoms with Gasteiger partial charge in [0.1, 0.15) is 11.4 Å². The summed E-state index contributed by atoms with van der Waals surface area (Å²) in [4.78, 5) is 19.0. The fraction of sp³-hybridized carbons (Fsp3) is 0.385. The zero-order valence-electron chi connectivity index (χ0n) is 19.0. The first-order valence-electron chi connectivity index (χ1n) is 11.1. The normalized spacial score (nSPS) is 17.4. The minimum atomic E-state index is -0.918. The number of fused-ring (bicyclic) bond motifs is 4. The first-order chi connectivity index (χ1) is 15.2. The first kappa shape index (κ1) is 22.3. The van der Waals surface area contributed by atoms with Crippen LogP contribution in [0.4, 0.5) is 8.78 Å². The SMILES string of the molecule is C=C1C(CC)=C(C(CC)(CC(C)=O)OCC)C=C2c3nc4cc(F)c(F)cc4cc3CN12. The Kier molecular flexibility index (Phi) is 5.76. The maximum Gasteiger partial charge on any atom is 0.161 e. The number of allylic oxidation sites excluding steroid dienone is 1. The largest absolute Gasteiger partial charge is 0.370 e. The van der Waals surface area contributed by atoms with Gasteiger partial charge in [0, 0.05) is 35.7 Å². The molecule has 1 unspecified atom stereocenters. The van der Waals surface area contributed by atoms with Crippen molar-refractivity contribution in [2.24, 2.45) is 0 Å². The average molecular weight is 439 g/mol. The van der Waals surface area contributed by atoms with Crippen LogP contribution in [-0.2, 0) is 16.1 Å². The second kappa shape index (κ2) is 8.24. The number of aromatic nitrogens is 1. The molecule has 32 heavy (non-hydrogen) atoms. The molecule has 0 amide bonds. The number of carbonyl (C=O) groups is 1. The van der Waals surface area contributed by atoms with Crippen LogP contribution in [-0.4, -0.2) is 27.9 Å². The number of ether oxygens (including phenoxy) is 1. The van der Waals surface area contributed by atoms with Crippen LogP contribution in [0.3, 0.4) is 0 Å². The Morgan fingerprint density at radius 2 is 1.94 bits per heavy atom. The number of rotatable bonds is 7. The van der Waals surface area contributed by atoms with Gasteiger partial charge in [-0.2, -0.15) is 0 Å². The molecule has 0 fully saturated rings. The van der Waals surface area contributed by atoms with Gasteiger partial charge in [-0.15, -0.1) is 0 Å². The number of nitrogens with zero attached hydrogens (tertiary/aromatic N) is 2. The van der Waals surface area contributed by atoms with Gasteiger partial charge in [0.05, 0.1) is 23.5 Å². The van der Waals surface area contributed by atoms with E-state index in [-0.39, 0.29) is 12.2 Å². The zero-order chi connectivity index (χ0) is 23.2. The summed E-state index contributed by atoms with van der Waals surface area (Å²) < 4.78 is 33.9. The van der Waals surface area contributed by atoms with Crippen LogP contribution in [0.25, 0.3) is 16.6 Å². The third kappa shape index (κ3) is 3.47. The summed E-state index contributed by atoms with van der Waals surface area (Å²) in [5, 5.41) is 0.561. The van der Waals surface area contributed by atoms with Gasteiger partial charge in [-0.05, 0) is 56.0 Å². The standard InChI is InChI=1S/C26H28F2N2O2/c1-6-19-16(5)30-14-18-9-17-10-21(27)22(28)12-23(17)29-25(18)24(30)11-20(19)26(7-2,32-8-3)13-15(4)31/h9-12H,5-8,13-14H2,1-4H3. The fourth-order valence-electron chi connectivity index (χ4n) is 4.99. The highest BCUT2D eigenvalue weighted by Crippen LogP contribution is 2.47. The van der Waals surface area contributed by atoms with Crippen LogP contribution in [0, 0.1) is 11.6 Å². The molecule has 0 saturated carbocycles. The fourth-order valence-corrected chi connectivity index (χ4v) is 4.99. The Morgan fingerprint density at radius 3 is 2.56 bits per heavy atom. The molecule has 0 saturated heterocycles. The minimum Gasteiger partial charge on any atom is -0.370 e. The average Bonchev–Trinajstić information content (AvgIpc) is 3.10. The van der Waals surface area contributed by atoms with E-state index in [1.165, 1.54) is 6.07 Å². The molecule has 2 aliphatic heterocycles. The van der Waals surface area contributed by atoms with Crippen LogP contribution in [0.1, 0.15) is 58.2 Å². The number of carbonyl (C=O) groups excluding carboxylic acids is 1. The lowest BCUT2D eigenvalue weighted by atomic mass is 9.79. The lowest BCUT2D eigenvalue weighted by molar-refractivity contribution is -0.123. The summed E-state index contributed by atoms with van der Waals surface area (Å²) in [5.74, 6) is -1.74. The predicted octanol–water partition coefficient (Wildman–Crippen LogP) is 6.07. The summed E-state index contributed by atoms with van der Waals surface area (Å²) in [6, 6.07) is 4.18. The van der Waals surface area contributed by atoms with Gasteiger partial charge in [-0.25, -0.2) is 13.8 Å². The van der Waals surface area contributed by atoms with Gasteiger partial charge in [0.2, 0.25) is 0 Å². The van der Waals surface area contributed by atoms with E-state index >= 15 is 0 Å². The Hall–Kier alpha value is -2.86. The van der Waals surface area contributed by atoms with Crippen molar-refractivity contribution < 1.29 is 18.3 Å². The lowest BCUT2D eigenvalue weighted by Gasteiger charge is -2.40. The van der Waals surface area contributed by atoms with Gasteiger partial charge < -0.3 is 9.64 Å². The molecule has 0 aliphatic carbocycles. The molecule has 3 heterocycles. The molecule has 0 radical (unpaired) electrons. The van der Waals surface area contributed by atoms with E-state index in [4.69, 9.17) is 4.74 Å². The summed E-state index contributed by atoms with van der Waals surface area (Å²) in [5.41, 5.74) is 5.02. The zero-order valence-corrected chi connectivity index (χ0v) is 19.0. The lowest BCUT2D eigenvalue weighted by Crippen LogP contribution is -2.39.